The molecule has 3 rings (SSSR count). The molecule has 2 heteroatoms. The number of benzene rings is 2. The number of hydrogen-bond donors (Lipinski definition) is 0. The van der Waals surface area contributed by atoms with Crippen LogP contribution in [0.25, 0.3) is 21.7 Å². The van der Waals surface area contributed by atoms with E-state index >= 15 is 0 Å². The highest BCUT2D eigenvalue weighted by Gasteiger charge is 1.98. The Hall–Kier alpha value is -1.41. The van der Waals surface area contributed by atoms with Gasteiger partial charge in [-0.25, -0.2) is 4.98 Å². The van der Waals surface area contributed by atoms with Crippen LogP contribution in [0.15, 0.2) is 53.1 Å². The van der Waals surface area contributed by atoms with Gasteiger partial charge in [-0.3, -0.25) is 0 Å². The fourth-order valence-corrected chi connectivity index (χ4v) is 2.11. The van der Waals surface area contributed by atoms with Crippen LogP contribution in [0.3, 0.4) is 0 Å². The highest BCUT2D eigenvalue weighted by molar-refractivity contribution is 9.10. The molecule has 0 amide bonds. The summed E-state index contributed by atoms with van der Waals surface area (Å²) >= 11 is 3.39. The maximum absolute atomic E-state index is 4.44. The first kappa shape index (κ1) is 8.86. The van der Waals surface area contributed by atoms with Gasteiger partial charge in [0.05, 0.1) is 5.52 Å². The van der Waals surface area contributed by atoms with Crippen molar-refractivity contribution >= 4 is 37.6 Å². The summed E-state index contributed by atoms with van der Waals surface area (Å²) in [6.07, 6.45) is 0. The Morgan fingerprint density at radius 1 is 0.800 bits per heavy atom. The highest BCUT2D eigenvalue weighted by atomic mass is 79.9. The highest BCUT2D eigenvalue weighted by Crippen LogP contribution is 2.22. The van der Waals surface area contributed by atoms with Crippen LogP contribution in [-0.4, -0.2) is 4.98 Å². The van der Waals surface area contributed by atoms with Crippen LogP contribution in [0.4, 0.5) is 0 Å². The number of fused-ring (bicyclic) bond motifs is 2. The molecule has 1 heterocycles. The maximum atomic E-state index is 4.44. The zero-order valence-corrected chi connectivity index (χ0v) is 9.53. The van der Waals surface area contributed by atoms with Gasteiger partial charge in [-0.05, 0) is 44.9 Å². The van der Waals surface area contributed by atoms with E-state index in [-0.39, 0.29) is 0 Å². The molecule has 15 heavy (non-hydrogen) atoms. The number of pyridine rings is 1. The third kappa shape index (κ3) is 1.51. The molecule has 0 aliphatic heterocycles. The van der Waals surface area contributed by atoms with Crippen molar-refractivity contribution < 1.29 is 0 Å². The average Bonchev–Trinajstić information content (AvgIpc) is 2.26. The van der Waals surface area contributed by atoms with E-state index in [1.165, 1.54) is 16.2 Å². The van der Waals surface area contributed by atoms with E-state index in [1.807, 2.05) is 12.1 Å². The second kappa shape index (κ2) is 3.31. The molecule has 2 aromatic carbocycles. The quantitative estimate of drug-likeness (QED) is 0.436. The minimum absolute atomic E-state index is 0.880. The van der Waals surface area contributed by atoms with E-state index in [4.69, 9.17) is 0 Å². The van der Waals surface area contributed by atoms with Crippen molar-refractivity contribution in [1.29, 1.82) is 0 Å². The predicted octanol–water partition coefficient (Wildman–Crippen LogP) is 4.15. The molecule has 0 radical (unpaired) electrons. The average molecular weight is 258 g/mol. The normalized spacial score (nSPS) is 11.0. The van der Waals surface area contributed by atoms with Crippen molar-refractivity contribution in [3.8, 4) is 0 Å². The van der Waals surface area contributed by atoms with Gasteiger partial charge in [0, 0.05) is 5.39 Å². The van der Waals surface area contributed by atoms with Gasteiger partial charge in [0.1, 0.15) is 4.60 Å². The molecule has 0 unspecified atom stereocenters. The Bertz CT molecular complexity index is 646. The molecule has 0 bridgehead atoms. The Kier molecular flexibility index (Phi) is 1.96. The van der Waals surface area contributed by atoms with Crippen LogP contribution >= 0.6 is 15.9 Å². The van der Waals surface area contributed by atoms with Crippen molar-refractivity contribution in [2.24, 2.45) is 0 Å². The first-order valence-electron chi connectivity index (χ1n) is 4.78. The van der Waals surface area contributed by atoms with Crippen LogP contribution in [0, 0.1) is 0 Å². The molecule has 0 fully saturated rings. The lowest BCUT2D eigenvalue weighted by molar-refractivity contribution is 1.36. The monoisotopic (exact) mass is 257 g/mol. The van der Waals surface area contributed by atoms with Gasteiger partial charge >= 0.3 is 0 Å². The van der Waals surface area contributed by atoms with Crippen molar-refractivity contribution in [3.05, 3.63) is 53.1 Å². The fourth-order valence-electron chi connectivity index (χ4n) is 1.79. The lowest BCUT2D eigenvalue weighted by atomic mass is 10.1. The summed E-state index contributed by atoms with van der Waals surface area (Å²) in [6, 6.07) is 16.7. The maximum Gasteiger partial charge on any atom is 0.106 e. The molecule has 0 saturated carbocycles. The van der Waals surface area contributed by atoms with Gasteiger partial charge in [0.15, 0.2) is 0 Å². The first-order chi connectivity index (χ1) is 7.33. The van der Waals surface area contributed by atoms with Gasteiger partial charge in [-0.2, -0.15) is 0 Å². The summed E-state index contributed by atoms with van der Waals surface area (Å²) in [5, 5.41) is 3.67. The largest absolute Gasteiger partial charge is 0.241 e. The first-order valence-corrected chi connectivity index (χ1v) is 5.57. The van der Waals surface area contributed by atoms with Crippen molar-refractivity contribution in [2.75, 3.05) is 0 Å². The second-order valence-electron chi connectivity index (χ2n) is 3.53. The van der Waals surface area contributed by atoms with Crippen LogP contribution in [-0.2, 0) is 0 Å². The minimum Gasteiger partial charge on any atom is -0.241 e. The molecule has 0 aliphatic carbocycles. The Morgan fingerprint density at radius 2 is 1.53 bits per heavy atom. The lowest BCUT2D eigenvalue weighted by Crippen LogP contribution is -1.80. The standard InChI is InChI=1S/C13H8BrN/c14-13-6-5-11-7-9-3-1-2-4-10(9)8-12(11)15-13/h1-8H. The van der Waals surface area contributed by atoms with E-state index in [0.717, 1.165) is 10.1 Å². The molecular weight excluding hydrogens is 250 g/mol. The van der Waals surface area contributed by atoms with Gasteiger partial charge in [-0.1, -0.05) is 30.3 Å². The SMILES string of the molecule is Brc1ccc2cc3ccccc3cc2n1. The molecule has 0 atom stereocenters. The molecule has 72 valence electrons. The van der Waals surface area contributed by atoms with Crippen LogP contribution in [0.1, 0.15) is 0 Å². The smallest absolute Gasteiger partial charge is 0.106 e. The molecule has 0 aliphatic rings. The van der Waals surface area contributed by atoms with Crippen LogP contribution in [0.2, 0.25) is 0 Å². The molecule has 1 nitrogen and oxygen atoms in total. The van der Waals surface area contributed by atoms with Gasteiger partial charge in [0.25, 0.3) is 0 Å². The molecule has 3 aromatic rings. The summed E-state index contributed by atoms with van der Waals surface area (Å²) < 4.78 is 0.880. The lowest BCUT2D eigenvalue weighted by Gasteiger charge is -2.01. The molecule has 0 N–H and O–H groups in total. The number of halogens is 1. The summed E-state index contributed by atoms with van der Waals surface area (Å²) in [5.74, 6) is 0. The number of rotatable bonds is 0. The van der Waals surface area contributed by atoms with Gasteiger partial charge in [0.2, 0.25) is 0 Å². The molecule has 1 aromatic heterocycles. The van der Waals surface area contributed by atoms with Gasteiger partial charge < -0.3 is 0 Å². The Morgan fingerprint density at radius 3 is 2.33 bits per heavy atom. The number of aromatic nitrogens is 1. The zero-order chi connectivity index (χ0) is 10.3. The van der Waals surface area contributed by atoms with Crippen molar-refractivity contribution in [3.63, 3.8) is 0 Å². The third-order valence-electron chi connectivity index (χ3n) is 2.52. The van der Waals surface area contributed by atoms with E-state index in [9.17, 15) is 0 Å². The van der Waals surface area contributed by atoms with E-state index in [1.54, 1.807) is 0 Å². The number of hydrogen-bond acceptors (Lipinski definition) is 1. The number of nitrogens with zero attached hydrogens (tertiary/aromatic N) is 1. The zero-order valence-electron chi connectivity index (χ0n) is 7.94. The Balaban J connectivity index is 2.47. The second-order valence-corrected chi connectivity index (χ2v) is 4.34. The topological polar surface area (TPSA) is 12.9 Å². The summed E-state index contributed by atoms with van der Waals surface area (Å²) in [5.41, 5.74) is 1.03. The Labute approximate surface area is 95.9 Å². The molecule has 0 saturated heterocycles. The molecule has 0 spiro atoms. The fraction of sp³-hybridized carbons (Fsp3) is 0. The summed E-state index contributed by atoms with van der Waals surface area (Å²) in [4.78, 5) is 4.44. The van der Waals surface area contributed by atoms with Gasteiger partial charge in [-0.15, -0.1) is 0 Å². The van der Waals surface area contributed by atoms with E-state index in [2.05, 4.69) is 57.3 Å². The van der Waals surface area contributed by atoms with Crippen molar-refractivity contribution in [2.45, 2.75) is 0 Å². The summed E-state index contributed by atoms with van der Waals surface area (Å²) in [6.45, 7) is 0. The predicted molar refractivity (Wildman–Crippen MR) is 66.9 cm³/mol. The van der Waals surface area contributed by atoms with Crippen molar-refractivity contribution in [1.82, 2.24) is 4.98 Å². The minimum atomic E-state index is 0.880. The third-order valence-corrected chi connectivity index (χ3v) is 2.96. The van der Waals surface area contributed by atoms with Crippen LogP contribution < -0.4 is 0 Å². The van der Waals surface area contributed by atoms with Crippen LogP contribution in [0.5, 0.6) is 0 Å². The van der Waals surface area contributed by atoms with E-state index < -0.39 is 0 Å². The molecular formula is C13H8BrN. The summed E-state index contributed by atoms with van der Waals surface area (Å²) in [7, 11) is 0. The van der Waals surface area contributed by atoms with E-state index in [0.29, 0.717) is 0 Å².